The molecule has 82 valence electrons. The third-order valence-electron chi connectivity index (χ3n) is 2.09. The molecule has 0 amide bonds. The lowest BCUT2D eigenvalue weighted by atomic mass is 9.78. The van der Waals surface area contributed by atoms with Crippen LogP contribution in [-0.4, -0.2) is 24.3 Å². The molecule has 6 heteroatoms. The van der Waals surface area contributed by atoms with Gasteiger partial charge in [0.05, 0.1) is 6.61 Å². The van der Waals surface area contributed by atoms with Gasteiger partial charge in [-0.3, -0.25) is 0 Å². The zero-order valence-corrected chi connectivity index (χ0v) is 8.76. The van der Waals surface area contributed by atoms with Crippen molar-refractivity contribution in [3.63, 3.8) is 0 Å². The standard InChI is InChI=1S/C8H13NO4.ClH/c1-2-12-7(11)13-6(10)8(9)4-3-5-8;/h2-5,9H2,1H3;1H. The van der Waals surface area contributed by atoms with E-state index in [2.05, 4.69) is 9.47 Å². The van der Waals surface area contributed by atoms with E-state index in [-0.39, 0.29) is 19.0 Å². The lowest BCUT2D eigenvalue weighted by molar-refractivity contribution is -0.149. The lowest BCUT2D eigenvalue weighted by Gasteiger charge is -2.34. The van der Waals surface area contributed by atoms with Gasteiger partial charge >= 0.3 is 12.1 Å². The summed E-state index contributed by atoms with van der Waals surface area (Å²) in [7, 11) is 0. The molecule has 0 aliphatic heterocycles. The molecule has 0 aromatic carbocycles. The summed E-state index contributed by atoms with van der Waals surface area (Å²) in [6.07, 6.45) is 1.08. The number of hydrogen-bond acceptors (Lipinski definition) is 5. The van der Waals surface area contributed by atoms with Crippen molar-refractivity contribution in [2.75, 3.05) is 6.61 Å². The van der Waals surface area contributed by atoms with Crippen LogP contribution in [0.25, 0.3) is 0 Å². The van der Waals surface area contributed by atoms with E-state index in [1.165, 1.54) is 0 Å². The van der Waals surface area contributed by atoms with Crippen LogP contribution in [0.15, 0.2) is 0 Å². The van der Waals surface area contributed by atoms with Crippen molar-refractivity contribution >= 4 is 24.5 Å². The molecule has 0 bridgehead atoms. The van der Waals surface area contributed by atoms with E-state index in [1.807, 2.05) is 0 Å². The van der Waals surface area contributed by atoms with Crippen molar-refractivity contribution in [3.8, 4) is 0 Å². The van der Waals surface area contributed by atoms with Crippen LogP contribution in [0.3, 0.4) is 0 Å². The highest BCUT2D eigenvalue weighted by molar-refractivity contribution is 5.89. The van der Waals surface area contributed by atoms with Gasteiger partial charge in [0, 0.05) is 0 Å². The van der Waals surface area contributed by atoms with Crippen molar-refractivity contribution in [2.24, 2.45) is 5.73 Å². The Bertz CT molecular complexity index is 227. The largest absolute Gasteiger partial charge is 0.516 e. The van der Waals surface area contributed by atoms with Crippen LogP contribution in [0.2, 0.25) is 0 Å². The normalized spacial score (nSPS) is 17.3. The number of esters is 1. The van der Waals surface area contributed by atoms with Crippen LogP contribution in [0.1, 0.15) is 26.2 Å². The summed E-state index contributed by atoms with van der Waals surface area (Å²) in [5, 5.41) is 0. The van der Waals surface area contributed by atoms with Crippen molar-refractivity contribution in [1.82, 2.24) is 0 Å². The van der Waals surface area contributed by atoms with Gasteiger partial charge < -0.3 is 15.2 Å². The molecule has 0 aromatic rings. The summed E-state index contributed by atoms with van der Waals surface area (Å²) in [6.45, 7) is 1.82. The molecule has 2 N–H and O–H groups in total. The van der Waals surface area contributed by atoms with Crippen molar-refractivity contribution in [3.05, 3.63) is 0 Å². The summed E-state index contributed by atoms with van der Waals surface area (Å²) in [6, 6.07) is 0. The molecule has 0 heterocycles. The Kier molecular flexibility index (Phi) is 4.87. The Morgan fingerprint density at radius 3 is 2.36 bits per heavy atom. The molecule has 0 radical (unpaired) electrons. The molecule has 0 spiro atoms. The second-order valence-electron chi connectivity index (χ2n) is 3.08. The fourth-order valence-corrected chi connectivity index (χ4v) is 1.09. The summed E-state index contributed by atoms with van der Waals surface area (Å²) >= 11 is 0. The first-order chi connectivity index (χ1) is 6.08. The Morgan fingerprint density at radius 2 is 2.00 bits per heavy atom. The first-order valence-corrected chi connectivity index (χ1v) is 4.26. The molecule has 1 saturated carbocycles. The van der Waals surface area contributed by atoms with Gasteiger partial charge in [-0.25, -0.2) is 9.59 Å². The summed E-state index contributed by atoms with van der Waals surface area (Å²) in [5.41, 5.74) is 4.66. The molecular formula is C8H14ClNO4. The molecule has 1 aliphatic rings. The second-order valence-corrected chi connectivity index (χ2v) is 3.08. The van der Waals surface area contributed by atoms with Crippen LogP contribution in [0, 0.1) is 0 Å². The summed E-state index contributed by atoms with van der Waals surface area (Å²) < 4.78 is 8.81. The zero-order valence-electron chi connectivity index (χ0n) is 7.95. The molecule has 1 rings (SSSR count). The van der Waals surface area contributed by atoms with Crippen molar-refractivity contribution in [2.45, 2.75) is 31.7 Å². The van der Waals surface area contributed by atoms with Gasteiger partial charge in [-0.1, -0.05) is 0 Å². The summed E-state index contributed by atoms with van der Waals surface area (Å²) in [4.78, 5) is 21.9. The molecule has 5 nitrogen and oxygen atoms in total. The molecule has 1 fully saturated rings. The topological polar surface area (TPSA) is 78.6 Å². The molecular weight excluding hydrogens is 210 g/mol. The fraction of sp³-hybridized carbons (Fsp3) is 0.750. The zero-order chi connectivity index (χ0) is 9.90. The maximum absolute atomic E-state index is 11.2. The van der Waals surface area contributed by atoms with Gasteiger partial charge in [0.15, 0.2) is 0 Å². The number of nitrogens with two attached hydrogens (primary N) is 1. The number of halogens is 1. The molecule has 0 aromatic heterocycles. The SMILES string of the molecule is CCOC(=O)OC(=O)C1(N)CCC1.Cl. The number of carbonyl (C=O) groups is 2. The Balaban J connectivity index is 0.00000169. The number of hydrogen-bond donors (Lipinski definition) is 1. The van der Waals surface area contributed by atoms with Crippen molar-refractivity contribution < 1.29 is 19.1 Å². The van der Waals surface area contributed by atoms with Crippen molar-refractivity contribution in [1.29, 1.82) is 0 Å². The second kappa shape index (κ2) is 5.17. The van der Waals surface area contributed by atoms with Gasteiger partial charge in [-0.05, 0) is 26.2 Å². The van der Waals surface area contributed by atoms with Gasteiger partial charge in [0.25, 0.3) is 0 Å². The maximum atomic E-state index is 11.2. The molecule has 0 atom stereocenters. The highest BCUT2D eigenvalue weighted by Gasteiger charge is 2.43. The van der Waals surface area contributed by atoms with E-state index in [4.69, 9.17) is 5.73 Å². The fourth-order valence-electron chi connectivity index (χ4n) is 1.09. The Labute approximate surface area is 88.3 Å². The van der Waals surface area contributed by atoms with E-state index >= 15 is 0 Å². The Morgan fingerprint density at radius 1 is 1.43 bits per heavy atom. The third-order valence-corrected chi connectivity index (χ3v) is 2.09. The first kappa shape index (κ1) is 13.2. The molecule has 0 saturated heterocycles. The van der Waals surface area contributed by atoms with Crippen LogP contribution in [-0.2, 0) is 14.3 Å². The third kappa shape index (κ3) is 2.85. The van der Waals surface area contributed by atoms with Crippen LogP contribution in [0.4, 0.5) is 4.79 Å². The first-order valence-electron chi connectivity index (χ1n) is 4.26. The lowest BCUT2D eigenvalue weighted by Crippen LogP contribution is -2.54. The maximum Gasteiger partial charge on any atom is 0.516 e. The summed E-state index contributed by atoms with van der Waals surface area (Å²) in [5.74, 6) is -0.683. The van der Waals surface area contributed by atoms with Gasteiger partial charge in [0.2, 0.25) is 0 Å². The smallest absolute Gasteiger partial charge is 0.434 e. The van der Waals surface area contributed by atoms with Crippen LogP contribution < -0.4 is 5.73 Å². The molecule has 1 aliphatic carbocycles. The predicted molar refractivity (Wildman–Crippen MR) is 51.1 cm³/mol. The monoisotopic (exact) mass is 223 g/mol. The van der Waals surface area contributed by atoms with E-state index in [9.17, 15) is 9.59 Å². The molecule has 14 heavy (non-hydrogen) atoms. The number of rotatable bonds is 2. The molecule has 0 unspecified atom stereocenters. The predicted octanol–water partition coefficient (Wildman–Crippen LogP) is 0.989. The number of ether oxygens (including phenoxy) is 2. The van der Waals surface area contributed by atoms with E-state index in [0.717, 1.165) is 6.42 Å². The number of carbonyl (C=O) groups excluding carboxylic acids is 2. The average molecular weight is 224 g/mol. The van der Waals surface area contributed by atoms with E-state index in [0.29, 0.717) is 12.8 Å². The highest BCUT2D eigenvalue weighted by atomic mass is 35.5. The van der Waals surface area contributed by atoms with E-state index < -0.39 is 17.7 Å². The minimum Gasteiger partial charge on any atom is -0.434 e. The minimum absolute atomic E-state index is 0. The minimum atomic E-state index is -0.968. The van der Waals surface area contributed by atoms with Gasteiger partial charge in [-0.15, -0.1) is 12.4 Å². The van der Waals surface area contributed by atoms with Crippen LogP contribution >= 0.6 is 12.4 Å². The van der Waals surface area contributed by atoms with Gasteiger partial charge in [-0.2, -0.15) is 0 Å². The highest BCUT2D eigenvalue weighted by Crippen LogP contribution is 2.30. The van der Waals surface area contributed by atoms with E-state index in [1.54, 1.807) is 6.92 Å². The Hall–Kier alpha value is -0.810. The van der Waals surface area contributed by atoms with Gasteiger partial charge in [0.1, 0.15) is 5.54 Å². The average Bonchev–Trinajstić information content (AvgIpc) is 2.00. The van der Waals surface area contributed by atoms with Crippen LogP contribution in [0.5, 0.6) is 0 Å². The quantitative estimate of drug-likeness (QED) is 0.558.